The van der Waals surface area contributed by atoms with Crippen LogP contribution in [0.5, 0.6) is 17.2 Å². The molecule has 3 aromatic rings. The van der Waals surface area contributed by atoms with E-state index in [1.165, 1.54) is 0 Å². The van der Waals surface area contributed by atoms with E-state index in [1.54, 1.807) is 13.2 Å². The number of benzene rings is 3. The quantitative estimate of drug-likeness (QED) is 0.308. The molecule has 3 aromatic carbocycles. The molecule has 0 unspecified atom stereocenters. The number of carbonyl (C=O) groups excluding carboxylic acids is 1. The maximum Gasteiger partial charge on any atom is 0.363 e. The van der Waals surface area contributed by atoms with Crippen molar-refractivity contribution >= 4 is 17.9 Å². The summed E-state index contributed by atoms with van der Waals surface area (Å²) in [6.45, 7) is 0.691. The first-order valence-corrected chi connectivity index (χ1v) is 9.79. The highest BCUT2D eigenvalue weighted by Crippen LogP contribution is 2.25. The van der Waals surface area contributed by atoms with Crippen LogP contribution in [-0.2, 0) is 9.53 Å². The Bertz CT molecular complexity index is 1120. The molecule has 0 aliphatic carbocycles. The van der Waals surface area contributed by atoms with Crippen LogP contribution >= 0.6 is 0 Å². The van der Waals surface area contributed by atoms with Crippen molar-refractivity contribution in [1.82, 2.24) is 0 Å². The van der Waals surface area contributed by atoms with Crippen LogP contribution in [0.3, 0.4) is 0 Å². The SMILES string of the molecule is COc1cccc(OCCOc2ccccc2/C=C2/N=C(c3ccccc3)OC2=O)c1. The van der Waals surface area contributed by atoms with Crippen molar-refractivity contribution in [2.24, 2.45) is 4.99 Å². The first-order chi connectivity index (χ1) is 15.2. The molecule has 0 saturated carbocycles. The molecule has 6 heteroatoms. The molecule has 0 N–H and O–H groups in total. The summed E-state index contributed by atoms with van der Waals surface area (Å²) >= 11 is 0. The van der Waals surface area contributed by atoms with Crippen molar-refractivity contribution in [1.29, 1.82) is 0 Å². The van der Waals surface area contributed by atoms with E-state index >= 15 is 0 Å². The molecule has 0 spiro atoms. The predicted molar refractivity (Wildman–Crippen MR) is 117 cm³/mol. The summed E-state index contributed by atoms with van der Waals surface area (Å²) in [5, 5.41) is 0. The third-order valence-corrected chi connectivity index (χ3v) is 4.50. The molecule has 0 radical (unpaired) electrons. The zero-order chi connectivity index (χ0) is 21.5. The molecule has 1 aliphatic heterocycles. The highest BCUT2D eigenvalue weighted by atomic mass is 16.6. The van der Waals surface area contributed by atoms with E-state index < -0.39 is 5.97 Å². The van der Waals surface area contributed by atoms with Gasteiger partial charge in [0.1, 0.15) is 30.5 Å². The number of ether oxygens (including phenoxy) is 4. The van der Waals surface area contributed by atoms with Gasteiger partial charge >= 0.3 is 5.97 Å². The minimum Gasteiger partial charge on any atom is -0.497 e. The van der Waals surface area contributed by atoms with Crippen molar-refractivity contribution in [2.75, 3.05) is 20.3 Å². The van der Waals surface area contributed by atoms with Crippen LogP contribution in [0.25, 0.3) is 6.08 Å². The van der Waals surface area contributed by atoms with Gasteiger partial charge in [0, 0.05) is 17.2 Å². The standard InChI is InChI=1S/C25H21NO5/c1-28-20-11-7-12-21(17-20)29-14-15-30-23-13-6-5-10-19(23)16-22-25(27)31-24(26-22)18-8-3-2-4-9-18/h2-13,16-17H,14-15H2,1H3/b22-16+. The fourth-order valence-electron chi connectivity index (χ4n) is 2.99. The van der Waals surface area contributed by atoms with Crippen molar-refractivity contribution in [2.45, 2.75) is 0 Å². The molecular weight excluding hydrogens is 394 g/mol. The molecule has 1 aliphatic rings. The maximum atomic E-state index is 12.3. The normalized spacial score (nSPS) is 14.2. The first kappa shape index (κ1) is 20.2. The van der Waals surface area contributed by atoms with Gasteiger partial charge in [-0.25, -0.2) is 9.79 Å². The minimum atomic E-state index is -0.491. The van der Waals surface area contributed by atoms with Crippen molar-refractivity contribution in [3.8, 4) is 17.2 Å². The predicted octanol–water partition coefficient (Wildman–Crippen LogP) is 4.50. The van der Waals surface area contributed by atoms with Gasteiger partial charge in [0.2, 0.25) is 5.90 Å². The Kier molecular flexibility index (Phi) is 6.28. The van der Waals surface area contributed by atoms with Crippen LogP contribution in [0.1, 0.15) is 11.1 Å². The number of esters is 1. The third kappa shape index (κ3) is 5.11. The Morgan fingerprint density at radius 3 is 2.45 bits per heavy atom. The van der Waals surface area contributed by atoms with Crippen LogP contribution in [0, 0.1) is 0 Å². The van der Waals surface area contributed by atoms with Crippen LogP contribution in [0.2, 0.25) is 0 Å². The molecule has 0 atom stereocenters. The fourth-order valence-corrected chi connectivity index (χ4v) is 2.99. The van der Waals surface area contributed by atoms with Gasteiger partial charge < -0.3 is 18.9 Å². The number of methoxy groups -OCH3 is 1. The van der Waals surface area contributed by atoms with Gasteiger partial charge in [-0.3, -0.25) is 0 Å². The molecule has 1 heterocycles. The zero-order valence-electron chi connectivity index (χ0n) is 17.0. The van der Waals surface area contributed by atoms with Crippen LogP contribution in [-0.4, -0.2) is 32.2 Å². The number of aliphatic imine (C=N–C) groups is 1. The largest absolute Gasteiger partial charge is 0.497 e. The minimum absolute atomic E-state index is 0.225. The lowest BCUT2D eigenvalue weighted by Gasteiger charge is -2.11. The summed E-state index contributed by atoms with van der Waals surface area (Å²) < 4.78 is 22.1. The molecule has 31 heavy (non-hydrogen) atoms. The lowest BCUT2D eigenvalue weighted by molar-refractivity contribution is -0.129. The Morgan fingerprint density at radius 1 is 0.871 bits per heavy atom. The van der Waals surface area contributed by atoms with E-state index in [0.29, 0.717) is 30.6 Å². The molecular formula is C25H21NO5. The number of carbonyl (C=O) groups is 1. The number of hydrogen-bond acceptors (Lipinski definition) is 6. The van der Waals surface area contributed by atoms with Crippen molar-refractivity contribution in [3.05, 3.63) is 95.7 Å². The van der Waals surface area contributed by atoms with E-state index in [-0.39, 0.29) is 5.70 Å². The van der Waals surface area contributed by atoms with Gasteiger partial charge in [-0.1, -0.05) is 42.5 Å². The first-order valence-electron chi connectivity index (χ1n) is 9.79. The monoisotopic (exact) mass is 415 g/mol. The highest BCUT2D eigenvalue weighted by Gasteiger charge is 2.24. The fraction of sp³-hybridized carbons (Fsp3) is 0.120. The Balaban J connectivity index is 1.42. The molecule has 6 nitrogen and oxygen atoms in total. The zero-order valence-corrected chi connectivity index (χ0v) is 17.0. The Labute approximate surface area is 180 Å². The number of cyclic esters (lactones) is 1. The third-order valence-electron chi connectivity index (χ3n) is 4.50. The summed E-state index contributed by atoms with van der Waals surface area (Å²) in [5.41, 5.74) is 1.70. The molecule has 156 valence electrons. The van der Waals surface area contributed by atoms with Gasteiger partial charge in [-0.2, -0.15) is 0 Å². The van der Waals surface area contributed by atoms with Gasteiger partial charge in [-0.15, -0.1) is 0 Å². The Hall–Kier alpha value is -4.06. The lowest BCUT2D eigenvalue weighted by atomic mass is 10.1. The van der Waals surface area contributed by atoms with Crippen LogP contribution < -0.4 is 14.2 Å². The number of nitrogens with zero attached hydrogens (tertiary/aromatic N) is 1. The summed E-state index contributed by atoms with van der Waals surface area (Å²) in [7, 11) is 1.61. The summed E-state index contributed by atoms with van der Waals surface area (Å²) in [4.78, 5) is 16.6. The second kappa shape index (κ2) is 9.63. The highest BCUT2D eigenvalue weighted by molar-refractivity contribution is 6.12. The van der Waals surface area contributed by atoms with Gasteiger partial charge in [0.25, 0.3) is 0 Å². The summed E-state index contributed by atoms with van der Waals surface area (Å²) in [6.07, 6.45) is 1.66. The number of rotatable bonds is 8. The van der Waals surface area contributed by atoms with Crippen molar-refractivity contribution in [3.63, 3.8) is 0 Å². The molecule has 0 bridgehead atoms. The van der Waals surface area contributed by atoms with Gasteiger partial charge in [-0.05, 0) is 36.4 Å². The number of para-hydroxylation sites is 1. The smallest absolute Gasteiger partial charge is 0.363 e. The molecule has 0 fully saturated rings. The van der Waals surface area contributed by atoms with Gasteiger partial charge in [0.05, 0.1) is 7.11 Å². The van der Waals surface area contributed by atoms with E-state index in [2.05, 4.69) is 4.99 Å². The Morgan fingerprint density at radius 2 is 1.61 bits per heavy atom. The van der Waals surface area contributed by atoms with Gasteiger partial charge in [0.15, 0.2) is 5.70 Å². The summed E-state index contributed by atoms with van der Waals surface area (Å²) in [6, 6.07) is 24.1. The molecule has 0 saturated heterocycles. The van der Waals surface area contributed by atoms with E-state index in [1.807, 2.05) is 78.9 Å². The van der Waals surface area contributed by atoms with Crippen molar-refractivity contribution < 1.29 is 23.7 Å². The maximum absolute atomic E-state index is 12.3. The van der Waals surface area contributed by atoms with E-state index in [0.717, 1.165) is 16.9 Å². The molecule has 0 aromatic heterocycles. The van der Waals surface area contributed by atoms with Crippen LogP contribution in [0.4, 0.5) is 0 Å². The van der Waals surface area contributed by atoms with E-state index in [4.69, 9.17) is 18.9 Å². The lowest BCUT2D eigenvalue weighted by Crippen LogP contribution is -2.09. The second-order valence-electron chi connectivity index (χ2n) is 6.62. The second-order valence-corrected chi connectivity index (χ2v) is 6.62. The molecule has 4 rings (SSSR count). The summed E-state index contributed by atoms with van der Waals surface area (Å²) in [5.74, 6) is 1.86. The van der Waals surface area contributed by atoms with E-state index in [9.17, 15) is 4.79 Å². The topological polar surface area (TPSA) is 66.3 Å². The van der Waals surface area contributed by atoms with Crippen LogP contribution in [0.15, 0.2) is 89.6 Å². The number of hydrogen-bond donors (Lipinski definition) is 0. The average Bonchev–Trinajstić information content (AvgIpc) is 3.18. The average molecular weight is 415 g/mol. The molecule has 0 amide bonds.